The number of rotatable bonds is 6. The summed E-state index contributed by atoms with van der Waals surface area (Å²) in [4.78, 5) is 11.6. The summed E-state index contributed by atoms with van der Waals surface area (Å²) in [6.07, 6.45) is 5.31. The number of carbonyl (C=O) groups is 1. The Hall–Kier alpha value is -0.810. The van der Waals surface area contributed by atoms with E-state index >= 15 is 0 Å². The van der Waals surface area contributed by atoms with Crippen LogP contribution in [0.2, 0.25) is 0 Å². The second-order valence-corrected chi connectivity index (χ2v) is 6.46. The molecule has 0 aliphatic carbocycles. The van der Waals surface area contributed by atoms with Gasteiger partial charge in [0.25, 0.3) is 0 Å². The van der Waals surface area contributed by atoms with E-state index in [0.29, 0.717) is 18.2 Å². The summed E-state index contributed by atoms with van der Waals surface area (Å²) in [5, 5.41) is 0. The number of esters is 1. The van der Waals surface area contributed by atoms with Crippen molar-refractivity contribution >= 4 is 49.6 Å². The Morgan fingerprint density at radius 3 is 2.55 bits per heavy atom. The molecule has 0 aromatic heterocycles. The SMILES string of the molecule is CCCC(C)COC(=O)C=Cc1cc(Br)c(N)c(Br)c1. The van der Waals surface area contributed by atoms with Gasteiger partial charge < -0.3 is 10.5 Å². The number of hydrogen-bond donors (Lipinski definition) is 1. The fourth-order valence-corrected chi connectivity index (χ4v) is 2.93. The molecule has 0 bridgehead atoms. The quantitative estimate of drug-likeness (QED) is 0.421. The van der Waals surface area contributed by atoms with Gasteiger partial charge in [-0.05, 0) is 68.0 Å². The van der Waals surface area contributed by atoms with Gasteiger partial charge in [-0.2, -0.15) is 0 Å². The van der Waals surface area contributed by atoms with Crippen LogP contribution in [-0.4, -0.2) is 12.6 Å². The van der Waals surface area contributed by atoms with Crippen LogP contribution in [0.15, 0.2) is 27.2 Å². The van der Waals surface area contributed by atoms with Gasteiger partial charge >= 0.3 is 5.97 Å². The molecule has 0 heterocycles. The van der Waals surface area contributed by atoms with Gasteiger partial charge in [0.05, 0.1) is 12.3 Å². The summed E-state index contributed by atoms with van der Waals surface area (Å²) >= 11 is 6.73. The molecule has 2 N–H and O–H groups in total. The van der Waals surface area contributed by atoms with E-state index in [1.165, 1.54) is 6.08 Å². The lowest BCUT2D eigenvalue weighted by atomic mass is 10.1. The number of hydrogen-bond acceptors (Lipinski definition) is 3. The molecule has 0 aliphatic rings. The van der Waals surface area contributed by atoms with Crippen molar-refractivity contribution in [3.8, 4) is 0 Å². The minimum Gasteiger partial charge on any atom is -0.462 e. The molecule has 0 radical (unpaired) electrons. The smallest absolute Gasteiger partial charge is 0.330 e. The fraction of sp³-hybridized carbons (Fsp3) is 0.400. The van der Waals surface area contributed by atoms with E-state index in [1.807, 2.05) is 12.1 Å². The molecule has 0 saturated carbocycles. The Balaban J connectivity index is 2.57. The van der Waals surface area contributed by atoms with Crippen molar-refractivity contribution in [3.05, 3.63) is 32.7 Å². The van der Waals surface area contributed by atoms with Crippen LogP contribution in [0.3, 0.4) is 0 Å². The Kier molecular flexibility index (Phi) is 7.30. The van der Waals surface area contributed by atoms with E-state index in [4.69, 9.17) is 10.5 Å². The summed E-state index contributed by atoms with van der Waals surface area (Å²) in [7, 11) is 0. The van der Waals surface area contributed by atoms with Gasteiger partial charge in [-0.1, -0.05) is 20.3 Å². The Morgan fingerprint density at radius 2 is 2.00 bits per heavy atom. The Labute approximate surface area is 136 Å². The molecule has 1 unspecified atom stereocenters. The van der Waals surface area contributed by atoms with E-state index in [-0.39, 0.29) is 5.97 Å². The van der Waals surface area contributed by atoms with Gasteiger partial charge in [0, 0.05) is 15.0 Å². The van der Waals surface area contributed by atoms with Crippen molar-refractivity contribution in [3.63, 3.8) is 0 Å². The lowest BCUT2D eigenvalue weighted by Crippen LogP contribution is -2.09. The molecule has 0 fully saturated rings. The third kappa shape index (κ3) is 5.67. The molecule has 0 amide bonds. The van der Waals surface area contributed by atoms with Crippen molar-refractivity contribution in [1.29, 1.82) is 0 Å². The molecular weight excluding hydrogens is 386 g/mol. The maximum atomic E-state index is 11.6. The molecule has 5 heteroatoms. The summed E-state index contributed by atoms with van der Waals surface area (Å²) in [6.45, 7) is 4.66. The maximum absolute atomic E-state index is 11.6. The van der Waals surface area contributed by atoms with Crippen molar-refractivity contribution in [2.24, 2.45) is 5.92 Å². The number of anilines is 1. The van der Waals surface area contributed by atoms with Gasteiger partial charge in [0.2, 0.25) is 0 Å². The van der Waals surface area contributed by atoms with Crippen LogP contribution >= 0.6 is 31.9 Å². The highest BCUT2D eigenvalue weighted by atomic mass is 79.9. The summed E-state index contributed by atoms with van der Waals surface area (Å²) < 4.78 is 6.77. The van der Waals surface area contributed by atoms with Crippen LogP contribution in [0.1, 0.15) is 32.3 Å². The second-order valence-electron chi connectivity index (χ2n) is 4.76. The fourth-order valence-electron chi connectivity index (χ4n) is 1.71. The first-order chi connectivity index (χ1) is 9.43. The third-order valence-corrected chi connectivity index (χ3v) is 4.12. The topological polar surface area (TPSA) is 52.3 Å². The zero-order valence-electron chi connectivity index (χ0n) is 11.7. The first-order valence-corrected chi connectivity index (χ1v) is 8.12. The average Bonchev–Trinajstić information content (AvgIpc) is 2.40. The van der Waals surface area contributed by atoms with Gasteiger partial charge in [-0.3, -0.25) is 0 Å². The lowest BCUT2D eigenvalue weighted by molar-refractivity contribution is -0.138. The largest absolute Gasteiger partial charge is 0.462 e. The van der Waals surface area contributed by atoms with Gasteiger partial charge in [-0.25, -0.2) is 4.79 Å². The average molecular weight is 405 g/mol. The molecular formula is C15H19Br2NO2. The second kappa shape index (κ2) is 8.47. The number of halogens is 2. The van der Waals surface area contributed by atoms with Gasteiger partial charge in [-0.15, -0.1) is 0 Å². The number of nitrogens with two attached hydrogens (primary N) is 1. The van der Waals surface area contributed by atoms with Crippen LogP contribution in [-0.2, 0) is 9.53 Å². The van der Waals surface area contributed by atoms with Crippen LogP contribution in [0, 0.1) is 5.92 Å². The molecule has 0 spiro atoms. The molecule has 1 aromatic carbocycles. The van der Waals surface area contributed by atoms with Gasteiger partial charge in [0.1, 0.15) is 0 Å². The molecule has 1 atom stereocenters. The first-order valence-electron chi connectivity index (χ1n) is 6.53. The molecule has 0 saturated heterocycles. The third-order valence-electron chi connectivity index (χ3n) is 2.80. The highest BCUT2D eigenvalue weighted by molar-refractivity contribution is 9.11. The molecule has 1 rings (SSSR count). The van der Waals surface area contributed by atoms with Crippen LogP contribution in [0.5, 0.6) is 0 Å². The minimum atomic E-state index is -0.322. The highest BCUT2D eigenvalue weighted by Crippen LogP contribution is 2.30. The van der Waals surface area contributed by atoms with E-state index in [1.54, 1.807) is 6.08 Å². The lowest BCUT2D eigenvalue weighted by Gasteiger charge is -2.09. The predicted octanol–water partition coefficient (Wildman–Crippen LogP) is 4.79. The van der Waals surface area contributed by atoms with E-state index in [2.05, 4.69) is 45.7 Å². The zero-order chi connectivity index (χ0) is 15.1. The minimum absolute atomic E-state index is 0.322. The molecule has 1 aromatic rings. The zero-order valence-corrected chi connectivity index (χ0v) is 14.8. The van der Waals surface area contributed by atoms with Crippen LogP contribution in [0.25, 0.3) is 6.08 Å². The highest BCUT2D eigenvalue weighted by Gasteiger charge is 2.05. The standard InChI is InChI=1S/C15H19Br2NO2/c1-3-4-10(2)9-20-14(19)6-5-11-7-12(16)15(18)13(17)8-11/h5-8,10H,3-4,9,18H2,1-2H3. The number of ether oxygens (including phenoxy) is 1. The number of carbonyl (C=O) groups excluding carboxylic acids is 1. The summed E-state index contributed by atoms with van der Waals surface area (Å²) in [6, 6.07) is 3.70. The van der Waals surface area contributed by atoms with Crippen molar-refractivity contribution in [1.82, 2.24) is 0 Å². The monoisotopic (exact) mass is 403 g/mol. The van der Waals surface area contributed by atoms with E-state index < -0.39 is 0 Å². The first kappa shape index (κ1) is 17.2. The predicted molar refractivity (Wildman–Crippen MR) is 90.3 cm³/mol. The molecule has 20 heavy (non-hydrogen) atoms. The molecule has 3 nitrogen and oxygen atoms in total. The van der Waals surface area contributed by atoms with Crippen molar-refractivity contribution in [2.75, 3.05) is 12.3 Å². The summed E-state index contributed by atoms with van der Waals surface area (Å²) in [5.41, 5.74) is 7.32. The van der Waals surface area contributed by atoms with Crippen LogP contribution < -0.4 is 5.73 Å². The Bertz CT molecular complexity index is 478. The van der Waals surface area contributed by atoms with Crippen molar-refractivity contribution in [2.45, 2.75) is 26.7 Å². The molecule has 0 aliphatic heterocycles. The Morgan fingerprint density at radius 1 is 1.40 bits per heavy atom. The number of benzene rings is 1. The van der Waals surface area contributed by atoms with Gasteiger partial charge in [0.15, 0.2) is 0 Å². The van der Waals surface area contributed by atoms with E-state index in [9.17, 15) is 4.79 Å². The van der Waals surface area contributed by atoms with Crippen LogP contribution in [0.4, 0.5) is 5.69 Å². The number of nitrogen functional groups attached to an aromatic ring is 1. The normalized spacial score (nSPS) is 12.6. The maximum Gasteiger partial charge on any atom is 0.330 e. The van der Waals surface area contributed by atoms with E-state index in [0.717, 1.165) is 27.4 Å². The molecule has 110 valence electrons. The van der Waals surface area contributed by atoms with Crippen molar-refractivity contribution < 1.29 is 9.53 Å². The summed E-state index contributed by atoms with van der Waals surface area (Å²) in [5.74, 6) is 0.0779.